The molecular formula is C10H17N3S. The third-order valence-corrected chi connectivity index (χ3v) is 2.94. The molecule has 0 spiro atoms. The van der Waals surface area contributed by atoms with Gasteiger partial charge in [0.1, 0.15) is 0 Å². The van der Waals surface area contributed by atoms with Crippen molar-refractivity contribution < 1.29 is 0 Å². The van der Waals surface area contributed by atoms with E-state index in [9.17, 15) is 0 Å². The van der Waals surface area contributed by atoms with E-state index in [0.29, 0.717) is 6.04 Å². The number of rotatable bonds is 6. The fraction of sp³-hybridized carbons (Fsp3) is 0.600. The lowest BCUT2D eigenvalue weighted by Gasteiger charge is -2.15. The molecule has 0 aliphatic rings. The second-order valence-electron chi connectivity index (χ2n) is 3.24. The number of nitrogens with one attached hydrogen (secondary N) is 1. The van der Waals surface area contributed by atoms with E-state index in [0.717, 1.165) is 19.4 Å². The Bertz CT molecular complexity index is 269. The molecule has 1 N–H and O–H groups in total. The minimum Gasteiger partial charge on any atom is -0.309 e. The molecule has 0 aliphatic carbocycles. The molecule has 4 heteroatoms. The Morgan fingerprint density at radius 1 is 1.64 bits per heavy atom. The van der Waals surface area contributed by atoms with Crippen molar-refractivity contribution in [1.29, 1.82) is 0 Å². The lowest BCUT2D eigenvalue weighted by molar-refractivity contribution is 0.550. The van der Waals surface area contributed by atoms with E-state index in [1.807, 2.05) is 6.20 Å². The zero-order valence-corrected chi connectivity index (χ0v) is 9.60. The maximum absolute atomic E-state index is 4.03. The largest absolute Gasteiger partial charge is 0.309 e. The molecule has 0 saturated carbocycles. The van der Waals surface area contributed by atoms with E-state index in [2.05, 4.69) is 35.3 Å². The monoisotopic (exact) mass is 211 g/mol. The third-order valence-electron chi connectivity index (χ3n) is 2.17. The van der Waals surface area contributed by atoms with Gasteiger partial charge in [-0.3, -0.25) is 0 Å². The number of nitrogens with zero attached hydrogens (tertiary/aromatic N) is 2. The summed E-state index contributed by atoms with van der Waals surface area (Å²) in [7, 11) is 0. The molecule has 0 aliphatic heterocycles. The van der Waals surface area contributed by atoms with Gasteiger partial charge in [0.05, 0.1) is 11.1 Å². The number of aromatic nitrogens is 2. The Morgan fingerprint density at radius 2 is 2.43 bits per heavy atom. The van der Waals surface area contributed by atoms with Crippen LogP contribution in [0, 0.1) is 0 Å². The van der Waals surface area contributed by atoms with Gasteiger partial charge in [-0.25, -0.2) is 0 Å². The van der Waals surface area contributed by atoms with Crippen LogP contribution in [0.25, 0.3) is 0 Å². The summed E-state index contributed by atoms with van der Waals surface area (Å²) in [5.74, 6) is 0. The van der Waals surface area contributed by atoms with E-state index in [1.165, 1.54) is 22.0 Å². The molecule has 0 bridgehead atoms. The smallest absolute Gasteiger partial charge is 0.0669 e. The normalized spacial score (nSPS) is 12.7. The predicted octanol–water partition coefficient (Wildman–Crippen LogP) is 2.55. The first-order valence-electron chi connectivity index (χ1n) is 4.95. The molecule has 3 nitrogen and oxygen atoms in total. The van der Waals surface area contributed by atoms with E-state index in [-0.39, 0.29) is 0 Å². The van der Waals surface area contributed by atoms with Crippen LogP contribution in [-0.4, -0.2) is 16.1 Å². The Hall–Kier alpha value is -0.740. The molecule has 1 aromatic heterocycles. The second kappa shape index (κ2) is 5.88. The highest BCUT2D eigenvalue weighted by Gasteiger charge is 2.13. The van der Waals surface area contributed by atoms with Crippen LogP contribution in [0.2, 0.25) is 0 Å². The van der Waals surface area contributed by atoms with E-state index in [4.69, 9.17) is 0 Å². The van der Waals surface area contributed by atoms with Crippen LogP contribution >= 0.6 is 11.5 Å². The molecule has 1 aromatic rings. The highest BCUT2D eigenvalue weighted by atomic mass is 32.1. The van der Waals surface area contributed by atoms with Crippen molar-refractivity contribution in [3.63, 3.8) is 0 Å². The molecule has 0 radical (unpaired) electrons. The van der Waals surface area contributed by atoms with Crippen LogP contribution in [0.5, 0.6) is 0 Å². The summed E-state index contributed by atoms with van der Waals surface area (Å²) in [6.07, 6.45) is 3.85. The van der Waals surface area contributed by atoms with Crippen LogP contribution in [0.4, 0.5) is 0 Å². The fourth-order valence-corrected chi connectivity index (χ4v) is 1.86. The molecule has 0 aromatic carbocycles. The molecule has 0 fully saturated rings. The number of hydrogen-bond donors (Lipinski definition) is 1. The average Bonchev–Trinajstić information content (AvgIpc) is 2.69. The summed E-state index contributed by atoms with van der Waals surface area (Å²) in [6.45, 7) is 9.23. The van der Waals surface area contributed by atoms with Crippen molar-refractivity contribution in [2.45, 2.75) is 32.7 Å². The Balaban J connectivity index is 2.60. The summed E-state index contributed by atoms with van der Waals surface area (Å²) >= 11 is 1.46. The average molecular weight is 211 g/mol. The van der Waals surface area contributed by atoms with Crippen molar-refractivity contribution in [2.75, 3.05) is 6.54 Å². The van der Waals surface area contributed by atoms with Crippen LogP contribution in [0.3, 0.4) is 0 Å². The topological polar surface area (TPSA) is 37.8 Å². The molecule has 1 rings (SSSR count). The first kappa shape index (κ1) is 11.3. The summed E-state index contributed by atoms with van der Waals surface area (Å²) in [6, 6.07) is 0.340. The SMILES string of the molecule is C=C(CC)CC(NCC)c1cnns1. The molecule has 1 heterocycles. The maximum atomic E-state index is 4.03. The van der Waals surface area contributed by atoms with Crippen LogP contribution in [-0.2, 0) is 0 Å². The molecule has 14 heavy (non-hydrogen) atoms. The summed E-state index contributed by atoms with van der Waals surface area (Å²) in [4.78, 5) is 1.20. The van der Waals surface area contributed by atoms with Crippen LogP contribution in [0.15, 0.2) is 18.3 Å². The van der Waals surface area contributed by atoms with Gasteiger partial charge in [-0.05, 0) is 30.9 Å². The Kier molecular flexibility index (Phi) is 4.76. The highest BCUT2D eigenvalue weighted by molar-refractivity contribution is 7.05. The fourth-order valence-electron chi connectivity index (χ4n) is 1.28. The Morgan fingerprint density at radius 3 is 2.93 bits per heavy atom. The van der Waals surface area contributed by atoms with Crippen LogP contribution < -0.4 is 5.32 Å². The molecule has 0 saturated heterocycles. The van der Waals surface area contributed by atoms with Gasteiger partial charge in [-0.2, -0.15) is 0 Å². The Labute approximate surface area is 89.4 Å². The van der Waals surface area contributed by atoms with Crippen molar-refractivity contribution >= 4 is 11.5 Å². The van der Waals surface area contributed by atoms with Gasteiger partial charge in [0.25, 0.3) is 0 Å². The van der Waals surface area contributed by atoms with Crippen molar-refractivity contribution in [1.82, 2.24) is 14.9 Å². The lowest BCUT2D eigenvalue weighted by Crippen LogP contribution is -2.20. The van der Waals surface area contributed by atoms with Gasteiger partial charge in [0.2, 0.25) is 0 Å². The van der Waals surface area contributed by atoms with E-state index < -0.39 is 0 Å². The third kappa shape index (κ3) is 3.20. The van der Waals surface area contributed by atoms with E-state index >= 15 is 0 Å². The van der Waals surface area contributed by atoms with Crippen molar-refractivity contribution in [3.05, 3.63) is 23.2 Å². The maximum Gasteiger partial charge on any atom is 0.0669 e. The van der Waals surface area contributed by atoms with Crippen molar-refractivity contribution in [3.8, 4) is 0 Å². The van der Waals surface area contributed by atoms with E-state index in [1.54, 1.807) is 0 Å². The van der Waals surface area contributed by atoms with Gasteiger partial charge in [0, 0.05) is 6.04 Å². The summed E-state index contributed by atoms with van der Waals surface area (Å²) < 4.78 is 3.88. The molecule has 1 unspecified atom stereocenters. The quantitative estimate of drug-likeness (QED) is 0.735. The zero-order valence-electron chi connectivity index (χ0n) is 8.79. The lowest BCUT2D eigenvalue weighted by atomic mass is 10.0. The molecule has 78 valence electrons. The second-order valence-corrected chi connectivity index (χ2v) is 4.06. The summed E-state index contributed by atoms with van der Waals surface area (Å²) in [5.41, 5.74) is 1.27. The van der Waals surface area contributed by atoms with Gasteiger partial charge >= 0.3 is 0 Å². The van der Waals surface area contributed by atoms with Gasteiger partial charge < -0.3 is 5.32 Å². The van der Waals surface area contributed by atoms with Crippen molar-refractivity contribution in [2.24, 2.45) is 0 Å². The molecular weight excluding hydrogens is 194 g/mol. The molecule has 0 amide bonds. The minimum absolute atomic E-state index is 0.340. The first-order chi connectivity index (χ1) is 6.77. The van der Waals surface area contributed by atoms with Crippen LogP contribution in [0.1, 0.15) is 37.6 Å². The number of hydrogen-bond acceptors (Lipinski definition) is 4. The standard InChI is InChI=1S/C10H17N3S/c1-4-8(3)6-9(11-5-2)10-7-12-13-14-10/h7,9,11H,3-6H2,1-2H3. The summed E-state index contributed by atoms with van der Waals surface area (Å²) in [5, 5.41) is 7.28. The predicted molar refractivity (Wildman–Crippen MR) is 60.4 cm³/mol. The first-order valence-corrected chi connectivity index (χ1v) is 5.72. The van der Waals surface area contributed by atoms with Gasteiger partial charge in [-0.15, -0.1) is 5.10 Å². The van der Waals surface area contributed by atoms with Gasteiger partial charge in [-0.1, -0.05) is 30.5 Å². The van der Waals surface area contributed by atoms with Gasteiger partial charge in [0.15, 0.2) is 0 Å². The zero-order chi connectivity index (χ0) is 10.4. The molecule has 1 atom stereocenters. The highest BCUT2D eigenvalue weighted by Crippen LogP contribution is 2.23. The minimum atomic E-state index is 0.340.